The molecule has 190 valence electrons. The van der Waals surface area contributed by atoms with Gasteiger partial charge < -0.3 is 10.4 Å². The molecule has 0 unspecified atom stereocenters. The van der Waals surface area contributed by atoms with E-state index in [-0.39, 0.29) is 11.3 Å². The van der Waals surface area contributed by atoms with Crippen LogP contribution in [0.3, 0.4) is 0 Å². The standard InChI is InChI=1S/C25H21F4N7O/c1-13-3-8-23(33-32-13)31-15-4-7-20-18(9-15)30-12-35(20)16-5-6-17(14(2)37)21(10-16)36-22(25(28)29)11-19(34-36)24(26)27/h3-12,14,24-25,37H,1-2H3,(H,31,33)/t14-/m1/s1. The number of aliphatic hydroxyl groups is 1. The highest BCUT2D eigenvalue weighted by molar-refractivity contribution is 5.82. The van der Waals surface area contributed by atoms with Crippen LogP contribution in [0.4, 0.5) is 29.1 Å². The molecule has 0 aliphatic heterocycles. The molecule has 0 saturated heterocycles. The average molecular weight is 511 g/mol. The second-order valence-corrected chi connectivity index (χ2v) is 8.43. The Kier molecular flexibility index (Phi) is 6.34. The number of hydrogen-bond acceptors (Lipinski definition) is 6. The van der Waals surface area contributed by atoms with Gasteiger partial charge in [0.15, 0.2) is 5.82 Å². The van der Waals surface area contributed by atoms with E-state index in [0.717, 1.165) is 16.1 Å². The van der Waals surface area contributed by atoms with Gasteiger partial charge in [0.25, 0.3) is 12.9 Å². The van der Waals surface area contributed by atoms with Crippen molar-refractivity contribution in [2.45, 2.75) is 32.8 Å². The van der Waals surface area contributed by atoms with Gasteiger partial charge in [-0.15, -0.1) is 5.10 Å². The Labute approximate surface area is 208 Å². The Hall–Kier alpha value is -4.32. The summed E-state index contributed by atoms with van der Waals surface area (Å²) >= 11 is 0. The van der Waals surface area contributed by atoms with Crippen LogP contribution in [0.5, 0.6) is 0 Å². The van der Waals surface area contributed by atoms with E-state index in [1.165, 1.54) is 13.0 Å². The van der Waals surface area contributed by atoms with Gasteiger partial charge in [0, 0.05) is 16.9 Å². The van der Waals surface area contributed by atoms with Gasteiger partial charge in [-0.3, -0.25) is 4.57 Å². The zero-order valence-electron chi connectivity index (χ0n) is 19.6. The van der Waals surface area contributed by atoms with E-state index in [9.17, 15) is 22.7 Å². The van der Waals surface area contributed by atoms with Crippen molar-refractivity contribution in [3.8, 4) is 11.4 Å². The molecule has 3 aromatic heterocycles. The number of nitrogens with one attached hydrogen (secondary N) is 1. The molecule has 8 nitrogen and oxygen atoms in total. The van der Waals surface area contributed by atoms with E-state index in [0.29, 0.717) is 28.6 Å². The fraction of sp³-hybridized carbons (Fsp3) is 0.200. The normalized spacial score (nSPS) is 12.6. The Morgan fingerprint density at radius 2 is 1.73 bits per heavy atom. The minimum atomic E-state index is -3.05. The number of imidazole rings is 1. The predicted molar refractivity (Wildman–Crippen MR) is 129 cm³/mol. The first kappa shape index (κ1) is 24.4. The highest BCUT2D eigenvalue weighted by atomic mass is 19.3. The number of benzene rings is 2. The molecule has 1 atom stereocenters. The van der Waals surface area contributed by atoms with Gasteiger partial charge in [-0.25, -0.2) is 27.2 Å². The molecule has 3 heterocycles. The van der Waals surface area contributed by atoms with Crippen LogP contribution in [0.25, 0.3) is 22.4 Å². The number of aryl methyl sites for hydroxylation is 1. The lowest BCUT2D eigenvalue weighted by atomic mass is 10.1. The highest BCUT2D eigenvalue weighted by Crippen LogP contribution is 2.32. The summed E-state index contributed by atoms with van der Waals surface area (Å²) in [6, 6.07) is 14.5. The summed E-state index contributed by atoms with van der Waals surface area (Å²) in [6.45, 7) is 3.30. The quantitative estimate of drug-likeness (QED) is 0.261. The summed E-state index contributed by atoms with van der Waals surface area (Å²) in [4.78, 5) is 4.44. The van der Waals surface area contributed by atoms with Crippen molar-refractivity contribution in [1.82, 2.24) is 29.5 Å². The number of rotatable bonds is 7. The molecule has 0 amide bonds. The summed E-state index contributed by atoms with van der Waals surface area (Å²) in [6.07, 6.45) is -5.58. The maximum Gasteiger partial charge on any atom is 0.282 e. The zero-order chi connectivity index (χ0) is 26.3. The summed E-state index contributed by atoms with van der Waals surface area (Å²) in [5, 5.41) is 25.2. The third kappa shape index (κ3) is 4.75. The Bertz CT molecular complexity index is 1560. The fourth-order valence-corrected chi connectivity index (χ4v) is 4.00. The van der Waals surface area contributed by atoms with Gasteiger partial charge in [0.2, 0.25) is 0 Å². The number of nitrogens with zero attached hydrogens (tertiary/aromatic N) is 6. The number of aromatic nitrogens is 6. The lowest BCUT2D eigenvalue weighted by Crippen LogP contribution is -2.09. The minimum Gasteiger partial charge on any atom is -0.389 e. The van der Waals surface area contributed by atoms with E-state index in [1.807, 2.05) is 31.2 Å². The summed E-state index contributed by atoms with van der Waals surface area (Å²) in [5.41, 5.74) is 2.24. The molecular formula is C25H21F4N7O. The first-order valence-corrected chi connectivity index (χ1v) is 11.2. The van der Waals surface area contributed by atoms with Crippen LogP contribution < -0.4 is 5.32 Å². The maximum atomic E-state index is 13.7. The van der Waals surface area contributed by atoms with Crippen LogP contribution in [-0.4, -0.2) is 34.6 Å². The zero-order valence-corrected chi connectivity index (χ0v) is 19.6. The Morgan fingerprint density at radius 3 is 2.41 bits per heavy atom. The van der Waals surface area contributed by atoms with Crippen molar-refractivity contribution in [2.75, 3.05) is 5.32 Å². The van der Waals surface area contributed by atoms with Crippen molar-refractivity contribution in [3.63, 3.8) is 0 Å². The molecule has 0 fully saturated rings. The van der Waals surface area contributed by atoms with E-state index >= 15 is 0 Å². The van der Waals surface area contributed by atoms with E-state index < -0.39 is 30.3 Å². The molecule has 0 aliphatic carbocycles. The number of alkyl halides is 4. The number of hydrogen-bond donors (Lipinski definition) is 2. The van der Waals surface area contributed by atoms with Gasteiger partial charge >= 0.3 is 0 Å². The number of aliphatic hydroxyl groups excluding tert-OH is 1. The second kappa shape index (κ2) is 9.62. The molecule has 0 radical (unpaired) electrons. The second-order valence-electron chi connectivity index (χ2n) is 8.43. The van der Waals surface area contributed by atoms with Crippen molar-refractivity contribution in [2.24, 2.45) is 0 Å². The van der Waals surface area contributed by atoms with Crippen molar-refractivity contribution in [3.05, 3.63) is 83.6 Å². The molecular weight excluding hydrogens is 490 g/mol. The van der Waals surface area contributed by atoms with Crippen LogP contribution in [0, 0.1) is 6.92 Å². The Morgan fingerprint density at radius 1 is 0.919 bits per heavy atom. The van der Waals surface area contributed by atoms with E-state index in [1.54, 1.807) is 29.1 Å². The number of fused-ring (bicyclic) bond motifs is 1. The number of halogens is 4. The first-order chi connectivity index (χ1) is 17.7. The third-order valence-corrected chi connectivity index (χ3v) is 5.79. The minimum absolute atomic E-state index is 0.0628. The SMILES string of the molecule is Cc1ccc(Nc2ccc3c(c2)ncn3-c2ccc([C@@H](C)O)c(-n3nc(C(F)F)cc3C(F)F)c2)nn1. The lowest BCUT2D eigenvalue weighted by molar-refractivity contribution is 0.142. The smallest absolute Gasteiger partial charge is 0.282 e. The van der Waals surface area contributed by atoms with Crippen LogP contribution in [0.2, 0.25) is 0 Å². The molecule has 0 saturated carbocycles. The number of anilines is 2. The highest BCUT2D eigenvalue weighted by Gasteiger charge is 2.24. The predicted octanol–water partition coefficient (Wildman–Crippen LogP) is 5.98. The van der Waals surface area contributed by atoms with E-state index in [2.05, 4.69) is 25.6 Å². The summed E-state index contributed by atoms with van der Waals surface area (Å²) < 4.78 is 56.5. The van der Waals surface area contributed by atoms with Gasteiger partial charge in [-0.05, 0) is 62.4 Å². The molecule has 0 spiro atoms. The average Bonchev–Trinajstić information content (AvgIpc) is 3.50. The lowest BCUT2D eigenvalue weighted by Gasteiger charge is -2.17. The largest absolute Gasteiger partial charge is 0.389 e. The third-order valence-electron chi connectivity index (χ3n) is 5.79. The van der Waals surface area contributed by atoms with Crippen molar-refractivity contribution >= 4 is 22.5 Å². The van der Waals surface area contributed by atoms with Crippen molar-refractivity contribution in [1.29, 1.82) is 0 Å². The molecule has 2 aromatic carbocycles. The Balaban J connectivity index is 1.57. The van der Waals surface area contributed by atoms with Crippen molar-refractivity contribution < 1.29 is 22.7 Å². The monoisotopic (exact) mass is 511 g/mol. The first-order valence-electron chi connectivity index (χ1n) is 11.2. The fourth-order valence-electron chi connectivity index (χ4n) is 4.00. The molecule has 12 heteroatoms. The van der Waals surface area contributed by atoms with Gasteiger partial charge in [0.1, 0.15) is 17.7 Å². The van der Waals surface area contributed by atoms with E-state index in [4.69, 9.17) is 0 Å². The topological polar surface area (TPSA) is 93.7 Å². The molecule has 0 bridgehead atoms. The molecule has 5 aromatic rings. The molecule has 37 heavy (non-hydrogen) atoms. The molecule has 2 N–H and O–H groups in total. The van der Waals surface area contributed by atoms with Gasteiger partial charge in [0.05, 0.1) is 28.5 Å². The molecule has 5 rings (SSSR count). The molecule has 0 aliphatic rings. The summed E-state index contributed by atoms with van der Waals surface area (Å²) in [5.74, 6) is 0.569. The van der Waals surface area contributed by atoms with Crippen LogP contribution in [0.15, 0.2) is 60.9 Å². The maximum absolute atomic E-state index is 13.7. The van der Waals surface area contributed by atoms with Crippen LogP contribution >= 0.6 is 0 Å². The summed E-state index contributed by atoms with van der Waals surface area (Å²) in [7, 11) is 0. The van der Waals surface area contributed by atoms with Gasteiger partial charge in [-0.2, -0.15) is 10.2 Å². The van der Waals surface area contributed by atoms with Gasteiger partial charge in [-0.1, -0.05) is 6.07 Å². The van der Waals surface area contributed by atoms with Crippen LogP contribution in [0.1, 0.15) is 48.5 Å². The van der Waals surface area contributed by atoms with Crippen LogP contribution in [-0.2, 0) is 0 Å².